The fraction of sp³-hybridized carbons (Fsp3) is 0.600. The Bertz CT molecular complexity index is 240. The van der Waals surface area contributed by atoms with Crippen LogP contribution in [-0.2, 0) is 0 Å². The largest absolute Gasteiger partial charge is 0.323 e. The van der Waals surface area contributed by atoms with Crippen molar-refractivity contribution in [1.29, 1.82) is 0 Å². The van der Waals surface area contributed by atoms with Gasteiger partial charge in [0.1, 0.15) is 0 Å². The molecular weight excluding hydrogens is 166 g/mol. The molecule has 1 heterocycles. The van der Waals surface area contributed by atoms with Crippen molar-refractivity contribution in [3.63, 3.8) is 0 Å². The topological polar surface area (TPSA) is 26.0 Å². The predicted molar refractivity (Wildman–Crippen MR) is 55.4 cm³/mol. The van der Waals surface area contributed by atoms with E-state index in [9.17, 15) is 0 Å². The smallest absolute Gasteiger partial charge is 0.0392 e. The molecule has 1 atom stereocenters. The molecular formula is C10H17NS. The van der Waals surface area contributed by atoms with Crippen LogP contribution < -0.4 is 5.73 Å². The average molecular weight is 183 g/mol. The molecule has 0 aliphatic rings. The Kier molecular flexibility index (Phi) is 3.29. The maximum absolute atomic E-state index is 6.02. The molecule has 0 aromatic carbocycles. The van der Waals surface area contributed by atoms with Crippen LogP contribution in [0.2, 0.25) is 0 Å². The molecule has 0 radical (unpaired) electrons. The highest BCUT2D eigenvalue weighted by Crippen LogP contribution is 2.25. The van der Waals surface area contributed by atoms with Gasteiger partial charge in [-0.05, 0) is 31.4 Å². The lowest BCUT2D eigenvalue weighted by molar-refractivity contribution is 0.515. The maximum atomic E-state index is 6.02. The van der Waals surface area contributed by atoms with Gasteiger partial charge in [0.25, 0.3) is 0 Å². The molecule has 0 unspecified atom stereocenters. The molecule has 2 heteroatoms. The highest BCUT2D eigenvalue weighted by atomic mass is 32.1. The van der Waals surface area contributed by atoms with Crippen molar-refractivity contribution in [3.05, 3.63) is 21.9 Å². The highest BCUT2D eigenvalue weighted by molar-refractivity contribution is 7.12. The zero-order chi connectivity index (χ0) is 9.14. The normalized spacial score (nSPS) is 13.8. The summed E-state index contributed by atoms with van der Waals surface area (Å²) in [7, 11) is 0. The Labute approximate surface area is 78.6 Å². The summed E-state index contributed by atoms with van der Waals surface area (Å²) in [5, 5.41) is 0. The van der Waals surface area contributed by atoms with Crippen LogP contribution in [-0.4, -0.2) is 0 Å². The van der Waals surface area contributed by atoms with Crippen molar-refractivity contribution in [2.45, 2.75) is 33.2 Å². The lowest BCUT2D eigenvalue weighted by atomic mass is 10.0. The van der Waals surface area contributed by atoms with Gasteiger partial charge in [-0.1, -0.05) is 13.8 Å². The summed E-state index contributed by atoms with van der Waals surface area (Å²) in [5.74, 6) is 0.683. The van der Waals surface area contributed by atoms with E-state index < -0.39 is 0 Å². The van der Waals surface area contributed by atoms with Crippen molar-refractivity contribution in [2.75, 3.05) is 0 Å². The number of hydrogen-bond donors (Lipinski definition) is 1. The predicted octanol–water partition coefficient (Wildman–Crippen LogP) is 3.10. The van der Waals surface area contributed by atoms with E-state index in [1.54, 1.807) is 0 Å². The molecule has 0 amide bonds. The molecule has 0 aliphatic heterocycles. The van der Waals surface area contributed by atoms with Crippen LogP contribution in [0.3, 0.4) is 0 Å². The molecule has 0 fully saturated rings. The van der Waals surface area contributed by atoms with Gasteiger partial charge in [-0.3, -0.25) is 0 Å². The lowest BCUT2D eigenvalue weighted by Crippen LogP contribution is -2.11. The van der Waals surface area contributed by atoms with E-state index in [1.165, 1.54) is 9.75 Å². The minimum Gasteiger partial charge on any atom is -0.323 e. The molecule has 0 saturated carbocycles. The monoisotopic (exact) mass is 183 g/mol. The molecule has 0 saturated heterocycles. The van der Waals surface area contributed by atoms with Gasteiger partial charge in [-0.25, -0.2) is 0 Å². The molecule has 12 heavy (non-hydrogen) atoms. The van der Waals surface area contributed by atoms with Gasteiger partial charge in [-0.2, -0.15) is 0 Å². The van der Waals surface area contributed by atoms with Gasteiger partial charge in [0.05, 0.1) is 0 Å². The molecule has 1 nitrogen and oxygen atoms in total. The SMILES string of the molecule is Cc1ccc([C@@H](N)CC(C)C)s1. The zero-order valence-electron chi connectivity index (χ0n) is 8.00. The second-order valence-corrected chi connectivity index (χ2v) is 5.00. The molecule has 1 rings (SSSR count). The summed E-state index contributed by atoms with van der Waals surface area (Å²) in [4.78, 5) is 2.67. The summed E-state index contributed by atoms with van der Waals surface area (Å²) in [6.45, 7) is 6.54. The van der Waals surface area contributed by atoms with E-state index in [2.05, 4.69) is 32.9 Å². The zero-order valence-corrected chi connectivity index (χ0v) is 8.82. The van der Waals surface area contributed by atoms with E-state index in [0.29, 0.717) is 5.92 Å². The second-order valence-electron chi connectivity index (χ2n) is 3.68. The van der Waals surface area contributed by atoms with Crippen molar-refractivity contribution < 1.29 is 0 Å². The Morgan fingerprint density at radius 1 is 1.42 bits per heavy atom. The van der Waals surface area contributed by atoms with Gasteiger partial charge >= 0.3 is 0 Å². The minimum absolute atomic E-state index is 0.240. The summed E-state index contributed by atoms with van der Waals surface area (Å²) >= 11 is 1.81. The molecule has 2 N–H and O–H groups in total. The molecule has 1 aromatic heterocycles. The van der Waals surface area contributed by atoms with Crippen LogP contribution in [0, 0.1) is 12.8 Å². The summed E-state index contributed by atoms with van der Waals surface area (Å²) in [5.41, 5.74) is 6.02. The first kappa shape index (κ1) is 9.75. The third-order valence-corrected chi connectivity index (χ3v) is 2.98. The molecule has 68 valence electrons. The van der Waals surface area contributed by atoms with Gasteiger partial charge in [0.2, 0.25) is 0 Å². The average Bonchev–Trinajstić information content (AvgIpc) is 2.34. The quantitative estimate of drug-likeness (QED) is 0.765. The second kappa shape index (κ2) is 4.06. The summed E-state index contributed by atoms with van der Waals surface area (Å²) in [6, 6.07) is 4.52. The summed E-state index contributed by atoms with van der Waals surface area (Å²) < 4.78 is 0. The Hall–Kier alpha value is -0.340. The number of rotatable bonds is 3. The van der Waals surface area contributed by atoms with Crippen LogP contribution in [0.5, 0.6) is 0 Å². The standard InChI is InChI=1S/C10H17NS/c1-7(2)6-9(11)10-5-4-8(3)12-10/h4-5,7,9H,6,11H2,1-3H3/t9-/m0/s1. The van der Waals surface area contributed by atoms with E-state index in [4.69, 9.17) is 5.73 Å². The van der Waals surface area contributed by atoms with Crippen LogP contribution in [0.1, 0.15) is 36.1 Å². The first-order valence-electron chi connectivity index (χ1n) is 4.41. The van der Waals surface area contributed by atoms with Crippen LogP contribution >= 0.6 is 11.3 Å². The Morgan fingerprint density at radius 3 is 2.50 bits per heavy atom. The molecule has 0 bridgehead atoms. The van der Waals surface area contributed by atoms with Crippen molar-refractivity contribution in [2.24, 2.45) is 11.7 Å². The minimum atomic E-state index is 0.240. The fourth-order valence-corrected chi connectivity index (χ4v) is 2.17. The number of aryl methyl sites for hydroxylation is 1. The van der Waals surface area contributed by atoms with Gasteiger partial charge in [-0.15, -0.1) is 11.3 Å². The van der Waals surface area contributed by atoms with Crippen LogP contribution in [0.4, 0.5) is 0 Å². The fourth-order valence-electron chi connectivity index (χ4n) is 1.28. The van der Waals surface area contributed by atoms with E-state index in [0.717, 1.165) is 6.42 Å². The van der Waals surface area contributed by atoms with Gasteiger partial charge in [0.15, 0.2) is 0 Å². The van der Waals surface area contributed by atoms with Crippen LogP contribution in [0.15, 0.2) is 12.1 Å². The van der Waals surface area contributed by atoms with Crippen molar-refractivity contribution >= 4 is 11.3 Å². The van der Waals surface area contributed by atoms with Crippen molar-refractivity contribution in [3.8, 4) is 0 Å². The first-order valence-corrected chi connectivity index (χ1v) is 5.23. The number of hydrogen-bond acceptors (Lipinski definition) is 2. The van der Waals surface area contributed by atoms with Gasteiger partial charge in [0, 0.05) is 15.8 Å². The number of nitrogens with two attached hydrogens (primary N) is 1. The van der Waals surface area contributed by atoms with Gasteiger partial charge < -0.3 is 5.73 Å². The maximum Gasteiger partial charge on any atom is 0.0392 e. The van der Waals surface area contributed by atoms with E-state index >= 15 is 0 Å². The van der Waals surface area contributed by atoms with Crippen LogP contribution in [0.25, 0.3) is 0 Å². The van der Waals surface area contributed by atoms with Crippen molar-refractivity contribution in [1.82, 2.24) is 0 Å². The molecule has 0 aliphatic carbocycles. The first-order chi connectivity index (χ1) is 5.59. The van der Waals surface area contributed by atoms with E-state index in [1.807, 2.05) is 11.3 Å². The molecule has 0 spiro atoms. The third-order valence-electron chi connectivity index (χ3n) is 1.85. The Morgan fingerprint density at radius 2 is 2.08 bits per heavy atom. The third kappa shape index (κ3) is 2.61. The summed E-state index contributed by atoms with van der Waals surface area (Å²) in [6.07, 6.45) is 1.08. The lowest BCUT2D eigenvalue weighted by Gasteiger charge is -2.11. The molecule has 1 aromatic rings. The number of thiophene rings is 1. The highest BCUT2D eigenvalue weighted by Gasteiger charge is 2.09. The van der Waals surface area contributed by atoms with E-state index in [-0.39, 0.29) is 6.04 Å². The Balaban J connectivity index is 2.58.